The first-order valence-electron chi connectivity index (χ1n) is 7.23. The van der Waals surface area contributed by atoms with Gasteiger partial charge < -0.3 is 4.74 Å². The van der Waals surface area contributed by atoms with E-state index in [1.165, 1.54) is 10.9 Å². The van der Waals surface area contributed by atoms with Gasteiger partial charge >= 0.3 is 0 Å². The quantitative estimate of drug-likeness (QED) is 0.849. The van der Waals surface area contributed by atoms with E-state index in [-0.39, 0.29) is 5.56 Å². The van der Waals surface area contributed by atoms with Crippen LogP contribution in [-0.2, 0) is 11.3 Å². The fraction of sp³-hybridized carbons (Fsp3) is 0.400. The Morgan fingerprint density at radius 3 is 2.73 bits per heavy atom. The standard InChI is InChI=1S/C15H17ClN4O2/c16-13-4-2-1-3-12(13)15-17-11-14(21)20(18-15)6-5-19-7-9-22-10-8-19/h1-4,11H,5-10H2. The van der Waals surface area contributed by atoms with Crippen molar-refractivity contribution in [2.24, 2.45) is 0 Å². The predicted octanol–water partition coefficient (Wildman–Crippen LogP) is 1.29. The monoisotopic (exact) mass is 320 g/mol. The molecule has 3 rings (SSSR count). The van der Waals surface area contributed by atoms with Gasteiger partial charge in [0.15, 0.2) is 5.82 Å². The molecule has 116 valence electrons. The van der Waals surface area contributed by atoms with Crippen LogP contribution in [0, 0.1) is 0 Å². The van der Waals surface area contributed by atoms with Gasteiger partial charge in [-0.1, -0.05) is 23.7 Å². The molecule has 0 N–H and O–H groups in total. The van der Waals surface area contributed by atoms with Crippen molar-refractivity contribution in [1.82, 2.24) is 19.7 Å². The van der Waals surface area contributed by atoms with Crippen molar-refractivity contribution in [1.29, 1.82) is 0 Å². The molecule has 1 aliphatic rings. The summed E-state index contributed by atoms with van der Waals surface area (Å²) in [6, 6.07) is 7.34. The summed E-state index contributed by atoms with van der Waals surface area (Å²) in [4.78, 5) is 18.3. The average molecular weight is 321 g/mol. The topological polar surface area (TPSA) is 60.2 Å². The molecule has 2 aromatic rings. The van der Waals surface area contributed by atoms with Gasteiger partial charge in [0, 0.05) is 25.2 Å². The molecule has 1 aromatic heterocycles. The van der Waals surface area contributed by atoms with E-state index in [9.17, 15) is 4.79 Å². The summed E-state index contributed by atoms with van der Waals surface area (Å²) in [6.45, 7) is 4.54. The van der Waals surface area contributed by atoms with E-state index in [0.717, 1.165) is 38.4 Å². The zero-order valence-electron chi connectivity index (χ0n) is 12.1. The van der Waals surface area contributed by atoms with Crippen molar-refractivity contribution in [2.75, 3.05) is 32.8 Å². The number of nitrogens with zero attached hydrogens (tertiary/aromatic N) is 4. The molecule has 1 fully saturated rings. The van der Waals surface area contributed by atoms with Crippen molar-refractivity contribution in [3.63, 3.8) is 0 Å². The van der Waals surface area contributed by atoms with Gasteiger partial charge in [-0.3, -0.25) is 9.69 Å². The number of morpholine rings is 1. The summed E-state index contributed by atoms with van der Waals surface area (Å²) in [7, 11) is 0. The molecular weight excluding hydrogens is 304 g/mol. The van der Waals surface area contributed by atoms with Crippen LogP contribution in [-0.4, -0.2) is 52.5 Å². The number of rotatable bonds is 4. The minimum atomic E-state index is -0.205. The van der Waals surface area contributed by atoms with Crippen molar-refractivity contribution >= 4 is 11.6 Å². The highest BCUT2D eigenvalue weighted by molar-refractivity contribution is 6.33. The lowest BCUT2D eigenvalue weighted by molar-refractivity contribution is 0.0358. The number of ether oxygens (including phenoxy) is 1. The Balaban J connectivity index is 1.78. The molecule has 0 atom stereocenters. The third kappa shape index (κ3) is 3.52. The van der Waals surface area contributed by atoms with Gasteiger partial charge in [0.2, 0.25) is 0 Å². The molecule has 0 unspecified atom stereocenters. The molecule has 0 spiro atoms. The van der Waals surface area contributed by atoms with Gasteiger partial charge in [0.05, 0.1) is 31.0 Å². The fourth-order valence-electron chi connectivity index (χ4n) is 2.36. The Morgan fingerprint density at radius 1 is 1.18 bits per heavy atom. The van der Waals surface area contributed by atoms with Gasteiger partial charge in [-0.15, -0.1) is 5.10 Å². The van der Waals surface area contributed by atoms with E-state index in [1.54, 1.807) is 6.07 Å². The second kappa shape index (κ2) is 7.00. The fourth-order valence-corrected chi connectivity index (χ4v) is 2.58. The zero-order valence-corrected chi connectivity index (χ0v) is 12.9. The first kappa shape index (κ1) is 15.1. The lowest BCUT2D eigenvalue weighted by Crippen LogP contribution is -2.39. The first-order valence-corrected chi connectivity index (χ1v) is 7.61. The molecule has 0 radical (unpaired) electrons. The second-order valence-corrected chi connectivity index (χ2v) is 5.48. The Kier molecular flexibility index (Phi) is 4.82. The third-order valence-electron chi connectivity index (χ3n) is 3.61. The molecule has 22 heavy (non-hydrogen) atoms. The summed E-state index contributed by atoms with van der Waals surface area (Å²) >= 11 is 6.16. The van der Waals surface area contributed by atoms with Crippen molar-refractivity contribution in [3.8, 4) is 11.4 Å². The molecule has 6 nitrogen and oxygen atoms in total. The molecule has 0 bridgehead atoms. The van der Waals surface area contributed by atoms with E-state index >= 15 is 0 Å². The van der Waals surface area contributed by atoms with E-state index in [4.69, 9.17) is 16.3 Å². The molecular formula is C15H17ClN4O2. The van der Waals surface area contributed by atoms with E-state index in [1.807, 2.05) is 18.2 Å². The normalized spacial score (nSPS) is 15.9. The first-order chi connectivity index (χ1) is 10.7. The maximum absolute atomic E-state index is 11.9. The van der Waals surface area contributed by atoms with E-state index in [2.05, 4.69) is 15.0 Å². The molecule has 1 aliphatic heterocycles. The van der Waals surface area contributed by atoms with Crippen LogP contribution < -0.4 is 5.56 Å². The summed E-state index contributed by atoms with van der Waals surface area (Å²) < 4.78 is 6.76. The van der Waals surface area contributed by atoms with Crippen LogP contribution in [0.15, 0.2) is 35.3 Å². The smallest absolute Gasteiger partial charge is 0.285 e. The third-order valence-corrected chi connectivity index (χ3v) is 3.94. The minimum absolute atomic E-state index is 0.205. The Morgan fingerprint density at radius 2 is 1.95 bits per heavy atom. The maximum Gasteiger partial charge on any atom is 0.285 e. The van der Waals surface area contributed by atoms with Gasteiger partial charge in [-0.05, 0) is 12.1 Å². The zero-order chi connectivity index (χ0) is 15.4. The lowest BCUT2D eigenvalue weighted by Gasteiger charge is -2.26. The number of benzene rings is 1. The Labute approximate surface area is 133 Å². The van der Waals surface area contributed by atoms with Gasteiger partial charge in [0.25, 0.3) is 5.56 Å². The maximum atomic E-state index is 11.9. The van der Waals surface area contributed by atoms with Crippen LogP contribution in [0.3, 0.4) is 0 Å². The van der Waals surface area contributed by atoms with Crippen LogP contribution in [0.2, 0.25) is 5.02 Å². The van der Waals surface area contributed by atoms with Crippen LogP contribution >= 0.6 is 11.6 Å². The molecule has 0 amide bonds. The second-order valence-electron chi connectivity index (χ2n) is 5.08. The van der Waals surface area contributed by atoms with Crippen molar-refractivity contribution in [3.05, 3.63) is 45.8 Å². The summed E-state index contributed by atoms with van der Waals surface area (Å²) in [5, 5.41) is 4.91. The molecule has 7 heteroatoms. The lowest BCUT2D eigenvalue weighted by atomic mass is 10.2. The van der Waals surface area contributed by atoms with Crippen LogP contribution in [0.1, 0.15) is 0 Å². The van der Waals surface area contributed by atoms with Crippen LogP contribution in [0.25, 0.3) is 11.4 Å². The Hall–Kier alpha value is -1.76. The van der Waals surface area contributed by atoms with Gasteiger partial charge in [-0.2, -0.15) is 0 Å². The van der Waals surface area contributed by atoms with Gasteiger partial charge in [0.1, 0.15) is 0 Å². The molecule has 0 saturated carbocycles. The van der Waals surface area contributed by atoms with Gasteiger partial charge in [-0.25, -0.2) is 9.67 Å². The SMILES string of the molecule is O=c1cnc(-c2ccccc2Cl)nn1CCN1CCOCC1. The van der Waals surface area contributed by atoms with Crippen LogP contribution in [0.4, 0.5) is 0 Å². The Bertz CT molecular complexity index is 698. The molecule has 0 aliphatic carbocycles. The highest BCUT2D eigenvalue weighted by atomic mass is 35.5. The summed E-state index contributed by atoms with van der Waals surface area (Å²) in [5.41, 5.74) is 0.522. The summed E-state index contributed by atoms with van der Waals surface area (Å²) in [6.07, 6.45) is 1.30. The van der Waals surface area contributed by atoms with E-state index < -0.39 is 0 Å². The van der Waals surface area contributed by atoms with Crippen molar-refractivity contribution < 1.29 is 4.74 Å². The largest absolute Gasteiger partial charge is 0.379 e. The highest BCUT2D eigenvalue weighted by Gasteiger charge is 2.12. The average Bonchev–Trinajstić information content (AvgIpc) is 2.56. The molecule has 1 aromatic carbocycles. The minimum Gasteiger partial charge on any atom is -0.379 e. The van der Waals surface area contributed by atoms with E-state index in [0.29, 0.717) is 17.4 Å². The van der Waals surface area contributed by atoms with Crippen LogP contribution in [0.5, 0.6) is 0 Å². The highest BCUT2D eigenvalue weighted by Crippen LogP contribution is 2.23. The predicted molar refractivity (Wildman–Crippen MR) is 84.0 cm³/mol. The number of hydrogen-bond donors (Lipinski definition) is 0. The number of hydrogen-bond acceptors (Lipinski definition) is 5. The number of halogens is 1. The molecule has 1 saturated heterocycles. The summed E-state index contributed by atoms with van der Waals surface area (Å²) in [5.74, 6) is 0.465. The molecule has 2 heterocycles. The number of aromatic nitrogens is 3. The van der Waals surface area contributed by atoms with Crippen molar-refractivity contribution in [2.45, 2.75) is 6.54 Å².